The van der Waals surface area contributed by atoms with Gasteiger partial charge in [0.05, 0.1) is 7.11 Å². The summed E-state index contributed by atoms with van der Waals surface area (Å²) in [5.41, 5.74) is 0.999. The van der Waals surface area contributed by atoms with E-state index in [1.54, 1.807) is 0 Å². The zero-order valence-electron chi connectivity index (χ0n) is 12.4. The lowest BCUT2D eigenvalue weighted by molar-refractivity contribution is -0.146. The summed E-state index contributed by atoms with van der Waals surface area (Å²) in [6.45, 7) is 3.75. The Morgan fingerprint density at radius 3 is 2.57 bits per heavy atom. The number of methoxy groups -OCH3 is 1. The number of amides is 1. The molecular formula is C16H20ClNO3. The standard InChI is InChI=1S/C16H20ClNO3/c1-9(2)14(16(20)21-3)18-15(19)12-8-11(12)10-6-4-5-7-13(10)17/h4-7,9,11-12,14H,8H2,1-3H3,(H,18,19)/t11?,12?,14-/m0/s1. The Morgan fingerprint density at radius 1 is 1.33 bits per heavy atom. The van der Waals surface area contributed by atoms with Crippen LogP contribution >= 0.6 is 11.6 Å². The molecule has 0 bridgehead atoms. The highest BCUT2D eigenvalue weighted by Crippen LogP contribution is 2.49. The number of ether oxygens (including phenoxy) is 1. The van der Waals surface area contributed by atoms with E-state index in [2.05, 4.69) is 5.32 Å². The van der Waals surface area contributed by atoms with Crippen molar-refractivity contribution in [2.24, 2.45) is 11.8 Å². The molecule has 1 aromatic carbocycles. The van der Waals surface area contributed by atoms with E-state index in [0.717, 1.165) is 12.0 Å². The molecule has 4 nitrogen and oxygen atoms in total. The number of carbonyl (C=O) groups is 2. The summed E-state index contributed by atoms with van der Waals surface area (Å²) in [5, 5.41) is 3.48. The Kier molecular flexibility index (Phi) is 4.88. The summed E-state index contributed by atoms with van der Waals surface area (Å²) in [5.74, 6) is -0.504. The smallest absolute Gasteiger partial charge is 0.328 e. The lowest BCUT2D eigenvalue weighted by atomic mass is 10.0. The van der Waals surface area contributed by atoms with Crippen molar-refractivity contribution in [2.45, 2.75) is 32.2 Å². The molecule has 0 spiro atoms. The van der Waals surface area contributed by atoms with Gasteiger partial charge >= 0.3 is 5.97 Å². The first-order valence-electron chi connectivity index (χ1n) is 7.08. The van der Waals surface area contributed by atoms with Gasteiger partial charge in [-0.15, -0.1) is 0 Å². The largest absolute Gasteiger partial charge is 0.467 e. The molecule has 0 radical (unpaired) electrons. The fourth-order valence-corrected chi connectivity index (χ4v) is 2.77. The monoisotopic (exact) mass is 309 g/mol. The van der Waals surface area contributed by atoms with Crippen LogP contribution in [0.1, 0.15) is 31.7 Å². The number of halogens is 1. The highest BCUT2D eigenvalue weighted by molar-refractivity contribution is 6.31. The molecule has 1 aromatic rings. The Hall–Kier alpha value is -1.55. The van der Waals surface area contributed by atoms with Crippen molar-refractivity contribution in [3.05, 3.63) is 34.9 Å². The zero-order chi connectivity index (χ0) is 15.6. The Labute approximate surface area is 129 Å². The Morgan fingerprint density at radius 2 is 2.00 bits per heavy atom. The molecule has 1 amide bonds. The summed E-state index contributed by atoms with van der Waals surface area (Å²) in [7, 11) is 1.33. The van der Waals surface area contributed by atoms with Gasteiger partial charge < -0.3 is 10.1 Å². The maximum atomic E-state index is 12.3. The SMILES string of the molecule is COC(=O)[C@@H](NC(=O)C1CC1c1ccccc1Cl)C(C)C. The molecule has 1 N–H and O–H groups in total. The molecule has 21 heavy (non-hydrogen) atoms. The summed E-state index contributed by atoms with van der Waals surface area (Å²) in [4.78, 5) is 24.0. The van der Waals surface area contributed by atoms with Crippen LogP contribution in [0.3, 0.4) is 0 Å². The molecule has 0 saturated heterocycles. The number of carbonyl (C=O) groups excluding carboxylic acids is 2. The third-order valence-corrected chi connectivity index (χ3v) is 4.20. The summed E-state index contributed by atoms with van der Waals surface area (Å²) in [6.07, 6.45) is 0.765. The molecule has 0 aromatic heterocycles. The average Bonchev–Trinajstić information content (AvgIpc) is 3.24. The molecule has 0 heterocycles. The molecule has 2 rings (SSSR count). The number of hydrogen-bond donors (Lipinski definition) is 1. The molecule has 2 unspecified atom stereocenters. The van der Waals surface area contributed by atoms with Crippen LogP contribution in [-0.4, -0.2) is 25.0 Å². The summed E-state index contributed by atoms with van der Waals surface area (Å²) in [6, 6.07) is 6.96. The summed E-state index contributed by atoms with van der Waals surface area (Å²) < 4.78 is 4.73. The van der Waals surface area contributed by atoms with Crippen LogP contribution < -0.4 is 5.32 Å². The fraction of sp³-hybridized carbons (Fsp3) is 0.500. The van der Waals surface area contributed by atoms with Crippen molar-refractivity contribution >= 4 is 23.5 Å². The Bertz CT molecular complexity index is 544. The molecule has 3 atom stereocenters. The molecule has 1 fully saturated rings. The topological polar surface area (TPSA) is 55.4 Å². The number of esters is 1. The van der Waals surface area contributed by atoms with Crippen LogP contribution in [0.2, 0.25) is 5.02 Å². The fourth-order valence-electron chi connectivity index (χ4n) is 2.49. The van der Waals surface area contributed by atoms with Crippen molar-refractivity contribution in [2.75, 3.05) is 7.11 Å². The minimum absolute atomic E-state index is 0.0149. The maximum Gasteiger partial charge on any atom is 0.328 e. The van der Waals surface area contributed by atoms with E-state index in [0.29, 0.717) is 5.02 Å². The van der Waals surface area contributed by atoms with Gasteiger partial charge in [0, 0.05) is 10.9 Å². The second kappa shape index (κ2) is 6.48. The van der Waals surface area contributed by atoms with Gasteiger partial charge in [0.25, 0.3) is 0 Å². The van der Waals surface area contributed by atoms with E-state index in [1.807, 2.05) is 38.1 Å². The first-order valence-corrected chi connectivity index (χ1v) is 7.46. The number of hydrogen-bond acceptors (Lipinski definition) is 3. The van der Waals surface area contributed by atoms with Gasteiger partial charge in [0.2, 0.25) is 5.91 Å². The van der Waals surface area contributed by atoms with Crippen molar-refractivity contribution < 1.29 is 14.3 Å². The normalized spacial score (nSPS) is 21.8. The first kappa shape index (κ1) is 15.8. The van der Waals surface area contributed by atoms with Crippen molar-refractivity contribution in [1.82, 2.24) is 5.32 Å². The van der Waals surface area contributed by atoms with Crippen LogP contribution in [0, 0.1) is 11.8 Å². The Balaban J connectivity index is 2.00. The summed E-state index contributed by atoms with van der Waals surface area (Å²) >= 11 is 6.15. The third kappa shape index (κ3) is 3.56. The van der Waals surface area contributed by atoms with Gasteiger partial charge in [-0.1, -0.05) is 43.6 Å². The van der Waals surface area contributed by atoms with Crippen molar-refractivity contribution in [3.8, 4) is 0 Å². The minimum Gasteiger partial charge on any atom is -0.467 e. The van der Waals surface area contributed by atoms with Gasteiger partial charge in [-0.25, -0.2) is 4.79 Å². The number of benzene rings is 1. The van der Waals surface area contributed by atoms with E-state index in [1.165, 1.54) is 7.11 Å². The predicted octanol–water partition coefficient (Wildman–Crippen LogP) is 2.76. The first-order chi connectivity index (χ1) is 9.95. The van der Waals surface area contributed by atoms with Gasteiger partial charge in [-0.3, -0.25) is 4.79 Å². The predicted molar refractivity (Wildman–Crippen MR) is 81.1 cm³/mol. The van der Waals surface area contributed by atoms with Gasteiger partial charge in [-0.2, -0.15) is 0 Å². The molecule has 1 aliphatic rings. The molecule has 0 aliphatic heterocycles. The van der Waals surface area contributed by atoms with E-state index in [9.17, 15) is 9.59 Å². The molecule has 114 valence electrons. The maximum absolute atomic E-state index is 12.3. The van der Waals surface area contributed by atoms with E-state index >= 15 is 0 Å². The van der Waals surface area contributed by atoms with Gasteiger partial charge in [0.15, 0.2) is 0 Å². The van der Waals surface area contributed by atoms with Gasteiger partial charge in [0.1, 0.15) is 6.04 Å². The van der Waals surface area contributed by atoms with Crippen molar-refractivity contribution in [3.63, 3.8) is 0 Å². The van der Waals surface area contributed by atoms with Crippen LogP contribution in [0.15, 0.2) is 24.3 Å². The second-order valence-corrected chi connectivity index (χ2v) is 6.13. The van der Waals surface area contributed by atoms with Crippen molar-refractivity contribution in [1.29, 1.82) is 0 Å². The van der Waals surface area contributed by atoms with E-state index < -0.39 is 12.0 Å². The van der Waals surface area contributed by atoms with E-state index in [-0.39, 0.29) is 23.7 Å². The van der Waals surface area contributed by atoms with Crippen LogP contribution in [0.5, 0.6) is 0 Å². The van der Waals surface area contributed by atoms with Gasteiger partial charge in [-0.05, 0) is 29.9 Å². The van der Waals surface area contributed by atoms with Crippen LogP contribution in [0.4, 0.5) is 0 Å². The third-order valence-electron chi connectivity index (χ3n) is 3.85. The number of nitrogens with one attached hydrogen (secondary N) is 1. The molecule has 1 aliphatic carbocycles. The molecule has 5 heteroatoms. The highest BCUT2D eigenvalue weighted by atomic mass is 35.5. The number of rotatable bonds is 5. The van der Waals surface area contributed by atoms with Crippen LogP contribution in [-0.2, 0) is 14.3 Å². The van der Waals surface area contributed by atoms with Crippen LogP contribution in [0.25, 0.3) is 0 Å². The van der Waals surface area contributed by atoms with E-state index in [4.69, 9.17) is 16.3 Å². The average molecular weight is 310 g/mol. The zero-order valence-corrected chi connectivity index (χ0v) is 13.2. The lowest BCUT2D eigenvalue weighted by Crippen LogP contribution is -2.45. The lowest BCUT2D eigenvalue weighted by Gasteiger charge is -2.19. The minimum atomic E-state index is -0.602. The molecule has 1 saturated carbocycles. The quantitative estimate of drug-likeness (QED) is 0.851. The second-order valence-electron chi connectivity index (χ2n) is 5.72. The highest BCUT2D eigenvalue weighted by Gasteiger charge is 2.45. The molecular weight excluding hydrogens is 290 g/mol.